The summed E-state index contributed by atoms with van der Waals surface area (Å²) in [5.41, 5.74) is -0.142. The van der Waals surface area contributed by atoms with E-state index in [9.17, 15) is 17.6 Å². The highest BCUT2D eigenvalue weighted by Crippen LogP contribution is 2.27. The molecule has 126 valence electrons. The van der Waals surface area contributed by atoms with Crippen LogP contribution in [0.5, 0.6) is 0 Å². The van der Waals surface area contributed by atoms with Gasteiger partial charge in [0.1, 0.15) is 5.82 Å². The second kappa shape index (κ2) is 6.18. The first kappa shape index (κ1) is 16.4. The molecule has 0 radical (unpaired) electrons. The van der Waals surface area contributed by atoms with E-state index < -0.39 is 21.8 Å². The van der Waals surface area contributed by atoms with Crippen molar-refractivity contribution in [2.45, 2.75) is 36.2 Å². The standard InChI is InChI=1S/C15H19FN2O4S/c1-22-15(19)13-5-2-10(16)8-14(13)23(20,21)18-7-6-11-3-4-12(9-18)17-11/h2,5,8,11-12,17H,3-4,6-7,9H2,1H3. The minimum Gasteiger partial charge on any atom is -0.465 e. The second-order valence-electron chi connectivity index (χ2n) is 5.92. The number of sulfonamides is 1. The van der Waals surface area contributed by atoms with E-state index in [4.69, 9.17) is 0 Å². The zero-order chi connectivity index (χ0) is 16.6. The van der Waals surface area contributed by atoms with Crippen LogP contribution in [-0.4, -0.2) is 51.0 Å². The van der Waals surface area contributed by atoms with E-state index in [0.717, 1.165) is 38.2 Å². The third kappa shape index (κ3) is 3.11. The first-order valence-corrected chi connectivity index (χ1v) is 9.00. The molecular formula is C15H19FN2O4S. The number of hydrogen-bond acceptors (Lipinski definition) is 5. The Morgan fingerprint density at radius 3 is 2.78 bits per heavy atom. The number of nitrogens with one attached hydrogen (secondary N) is 1. The smallest absolute Gasteiger partial charge is 0.339 e. The molecule has 2 fully saturated rings. The topological polar surface area (TPSA) is 75.7 Å². The molecule has 6 nitrogen and oxygen atoms in total. The number of hydrogen-bond donors (Lipinski definition) is 1. The summed E-state index contributed by atoms with van der Waals surface area (Å²) in [6.07, 6.45) is 2.67. The van der Waals surface area contributed by atoms with Gasteiger partial charge in [0, 0.05) is 25.2 Å². The average molecular weight is 342 g/mol. The second-order valence-corrected chi connectivity index (χ2v) is 7.83. The number of rotatable bonds is 3. The van der Waals surface area contributed by atoms with Gasteiger partial charge in [-0.25, -0.2) is 17.6 Å². The molecule has 3 rings (SSSR count). The van der Waals surface area contributed by atoms with Crippen LogP contribution in [-0.2, 0) is 14.8 Å². The van der Waals surface area contributed by atoms with Crippen molar-refractivity contribution in [1.82, 2.24) is 9.62 Å². The van der Waals surface area contributed by atoms with Gasteiger partial charge in [0.2, 0.25) is 10.0 Å². The summed E-state index contributed by atoms with van der Waals surface area (Å²) in [4.78, 5) is 11.5. The van der Waals surface area contributed by atoms with Crippen LogP contribution in [0.25, 0.3) is 0 Å². The Balaban J connectivity index is 1.99. The van der Waals surface area contributed by atoms with Gasteiger partial charge in [0.15, 0.2) is 0 Å². The highest BCUT2D eigenvalue weighted by atomic mass is 32.2. The monoisotopic (exact) mass is 342 g/mol. The molecule has 2 unspecified atom stereocenters. The number of fused-ring (bicyclic) bond motifs is 2. The van der Waals surface area contributed by atoms with Crippen LogP contribution in [0.4, 0.5) is 4.39 Å². The molecule has 0 saturated carbocycles. The first-order chi connectivity index (χ1) is 10.9. The van der Waals surface area contributed by atoms with Gasteiger partial charge >= 0.3 is 5.97 Å². The van der Waals surface area contributed by atoms with Crippen molar-refractivity contribution in [2.75, 3.05) is 20.2 Å². The van der Waals surface area contributed by atoms with E-state index >= 15 is 0 Å². The van der Waals surface area contributed by atoms with Gasteiger partial charge in [0.25, 0.3) is 0 Å². The summed E-state index contributed by atoms with van der Waals surface area (Å²) in [5.74, 6) is -1.50. The summed E-state index contributed by atoms with van der Waals surface area (Å²) in [7, 11) is -2.80. The Hall–Kier alpha value is -1.51. The van der Waals surface area contributed by atoms with Crippen LogP contribution in [0, 0.1) is 5.82 Å². The molecule has 8 heteroatoms. The number of esters is 1. The number of carbonyl (C=O) groups excluding carboxylic acids is 1. The predicted molar refractivity (Wildman–Crippen MR) is 81.1 cm³/mol. The van der Waals surface area contributed by atoms with E-state index in [1.165, 1.54) is 4.31 Å². The number of ether oxygens (including phenoxy) is 1. The summed E-state index contributed by atoms with van der Waals surface area (Å²) >= 11 is 0. The lowest BCUT2D eigenvalue weighted by Gasteiger charge is -2.24. The maximum atomic E-state index is 13.6. The Morgan fingerprint density at radius 2 is 2.04 bits per heavy atom. The van der Waals surface area contributed by atoms with Crippen LogP contribution >= 0.6 is 0 Å². The van der Waals surface area contributed by atoms with E-state index in [0.29, 0.717) is 25.6 Å². The maximum absolute atomic E-state index is 13.6. The molecule has 0 spiro atoms. The first-order valence-electron chi connectivity index (χ1n) is 7.56. The molecule has 2 atom stereocenters. The highest BCUT2D eigenvalue weighted by molar-refractivity contribution is 7.89. The van der Waals surface area contributed by atoms with Crippen molar-refractivity contribution in [2.24, 2.45) is 0 Å². The molecule has 2 aliphatic rings. The predicted octanol–water partition coefficient (Wildman–Crippen LogP) is 1.13. The maximum Gasteiger partial charge on any atom is 0.339 e. The minimum absolute atomic E-state index is 0.104. The van der Waals surface area contributed by atoms with Crippen molar-refractivity contribution in [1.29, 1.82) is 0 Å². The number of nitrogens with zero attached hydrogens (tertiary/aromatic N) is 1. The van der Waals surface area contributed by atoms with E-state index in [2.05, 4.69) is 10.1 Å². The Bertz CT molecular complexity index is 722. The fraction of sp³-hybridized carbons (Fsp3) is 0.533. The number of methoxy groups -OCH3 is 1. The zero-order valence-corrected chi connectivity index (χ0v) is 13.6. The van der Waals surface area contributed by atoms with Gasteiger partial charge in [-0.1, -0.05) is 0 Å². The van der Waals surface area contributed by atoms with Crippen LogP contribution < -0.4 is 5.32 Å². The van der Waals surface area contributed by atoms with Crippen LogP contribution in [0.3, 0.4) is 0 Å². The molecule has 1 aromatic carbocycles. The van der Waals surface area contributed by atoms with Crippen LogP contribution in [0.15, 0.2) is 23.1 Å². The lowest BCUT2D eigenvalue weighted by molar-refractivity contribution is 0.0596. The molecule has 2 aliphatic heterocycles. The summed E-state index contributed by atoms with van der Waals surface area (Å²) in [6, 6.07) is 3.52. The molecule has 2 bridgehead atoms. The summed E-state index contributed by atoms with van der Waals surface area (Å²) in [5, 5.41) is 3.39. The lowest BCUT2D eigenvalue weighted by atomic mass is 10.1. The van der Waals surface area contributed by atoms with Crippen LogP contribution in [0.2, 0.25) is 0 Å². The van der Waals surface area contributed by atoms with Gasteiger partial charge in [0.05, 0.1) is 17.6 Å². The van der Waals surface area contributed by atoms with Crippen molar-refractivity contribution >= 4 is 16.0 Å². The largest absolute Gasteiger partial charge is 0.465 e. The van der Waals surface area contributed by atoms with Crippen molar-refractivity contribution in [3.8, 4) is 0 Å². The Kier molecular flexibility index (Phi) is 4.39. The van der Waals surface area contributed by atoms with Crippen molar-refractivity contribution < 1.29 is 22.3 Å². The Labute approximate surface area is 134 Å². The van der Waals surface area contributed by atoms with Crippen molar-refractivity contribution in [3.63, 3.8) is 0 Å². The van der Waals surface area contributed by atoms with Gasteiger partial charge in [-0.2, -0.15) is 4.31 Å². The van der Waals surface area contributed by atoms with Crippen LogP contribution in [0.1, 0.15) is 29.6 Å². The molecule has 1 aromatic rings. The van der Waals surface area contributed by atoms with Gasteiger partial charge < -0.3 is 10.1 Å². The third-order valence-electron chi connectivity index (χ3n) is 4.45. The molecule has 0 aliphatic carbocycles. The van der Waals surface area contributed by atoms with E-state index in [1.54, 1.807) is 0 Å². The minimum atomic E-state index is -3.96. The van der Waals surface area contributed by atoms with Gasteiger partial charge in [-0.05, 0) is 37.5 Å². The molecule has 0 amide bonds. The molecule has 0 aromatic heterocycles. The average Bonchev–Trinajstić information content (AvgIpc) is 2.85. The lowest BCUT2D eigenvalue weighted by Crippen LogP contribution is -2.39. The molecule has 23 heavy (non-hydrogen) atoms. The molecular weight excluding hydrogens is 323 g/mol. The fourth-order valence-corrected chi connectivity index (χ4v) is 4.95. The normalized spacial score (nSPS) is 25.1. The quantitative estimate of drug-likeness (QED) is 0.834. The van der Waals surface area contributed by atoms with E-state index in [1.807, 2.05) is 0 Å². The SMILES string of the molecule is COC(=O)c1ccc(F)cc1S(=O)(=O)N1CCC2CCC(C1)N2. The highest BCUT2D eigenvalue weighted by Gasteiger charge is 2.36. The fourth-order valence-electron chi connectivity index (χ4n) is 3.26. The van der Waals surface area contributed by atoms with E-state index in [-0.39, 0.29) is 16.5 Å². The summed E-state index contributed by atoms with van der Waals surface area (Å²) < 4.78 is 45.4. The van der Waals surface area contributed by atoms with Crippen molar-refractivity contribution in [3.05, 3.63) is 29.6 Å². The number of halogens is 1. The Morgan fingerprint density at radius 1 is 1.30 bits per heavy atom. The van der Waals surface area contributed by atoms with Gasteiger partial charge in [-0.3, -0.25) is 0 Å². The molecule has 2 heterocycles. The number of carbonyl (C=O) groups is 1. The van der Waals surface area contributed by atoms with Gasteiger partial charge in [-0.15, -0.1) is 0 Å². The summed E-state index contributed by atoms with van der Waals surface area (Å²) in [6.45, 7) is 0.684. The third-order valence-corrected chi connectivity index (χ3v) is 6.36. The number of benzene rings is 1. The molecule has 1 N–H and O–H groups in total. The molecule has 2 saturated heterocycles. The zero-order valence-electron chi connectivity index (χ0n) is 12.8.